The Labute approximate surface area is 120 Å². The van der Waals surface area contributed by atoms with E-state index >= 15 is 0 Å². The average Bonchev–Trinajstić information content (AvgIpc) is 3.03. The lowest BCUT2D eigenvalue weighted by Gasteiger charge is -2.22. The van der Waals surface area contributed by atoms with Crippen LogP contribution in [0.3, 0.4) is 0 Å². The van der Waals surface area contributed by atoms with Gasteiger partial charge in [-0.25, -0.2) is 8.42 Å². The highest BCUT2D eigenvalue weighted by atomic mass is 32.2. The molecule has 1 saturated carbocycles. The molecule has 1 aliphatic heterocycles. The third kappa shape index (κ3) is 2.75. The van der Waals surface area contributed by atoms with E-state index < -0.39 is 10.0 Å². The number of hydroxylamine groups is 1. The summed E-state index contributed by atoms with van der Waals surface area (Å²) < 4.78 is 25.8. The first-order chi connectivity index (χ1) is 9.68. The van der Waals surface area contributed by atoms with Crippen molar-refractivity contribution in [1.29, 1.82) is 0 Å². The molecule has 0 unspecified atom stereocenters. The van der Waals surface area contributed by atoms with Gasteiger partial charge in [0.1, 0.15) is 0 Å². The molecule has 1 heterocycles. The fourth-order valence-corrected chi connectivity index (χ4v) is 4.38. The van der Waals surface area contributed by atoms with E-state index in [0.29, 0.717) is 24.0 Å². The summed E-state index contributed by atoms with van der Waals surface area (Å²) in [5, 5.41) is 0. The molecular formula is C15H21NO3S. The molecule has 1 aromatic rings. The molecule has 0 N–H and O–H groups in total. The lowest BCUT2D eigenvalue weighted by molar-refractivity contribution is -0.0284. The summed E-state index contributed by atoms with van der Waals surface area (Å²) in [7, 11) is -3.48. The van der Waals surface area contributed by atoms with Crippen molar-refractivity contribution in [3.05, 3.63) is 29.8 Å². The molecule has 0 radical (unpaired) electrons. The first-order valence-electron chi connectivity index (χ1n) is 7.43. The number of sulfonamides is 1. The SMILES string of the molecule is O=S(=O)(c1ccc(C2CCCCC2)cc1)N1CCCO1. The highest BCUT2D eigenvalue weighted by Crippen LogP contribution is 2.33. The molecule has 2 aliphatic rings. The Morgan fingerprint density at radius 1 is 1.00 bits per heavy atom. The van der Waals surface area contributed by atoms with Gasteiger partial charge in [-0.05, 0) is 42.9 Å². The number of nitrogens with zero attached hydrogens (tertiary/aromatic N) is 1. The largest absolute Gasteiger partial charge is 0.284 e. The van der Waals surface area contributed by atoms with Crippen molar-refractivity contribution in [3.8, 4) is 0 Å². The number of benzene rings is 1. The van der Waals surface area contributed by atoms with E-state index in [1.807, 2.05) is 12.1 Å². The van der Waals surface area contributed by atoms with E-state index in [1.165, 1.54) is 37.7 Å². The van der Waals surface area contributed by atoms with Gasteiger partial charge in [-0.2, -0.15) is 0 Å². The molecule has 3 rings (SSSR count). The third-order valence-electron chi connectivity index (χ3n) is 4.24. The monoisotopic (exact) mass is 295 g/mol. The zero-order valence-corrected chi connectivity index (χ0v) is 12.4. The van der Waals surface area contributed by atoms with E-state index in [2.05, 4.69) is 0 Å². The molecule has 20 heavy (non-hydrogen) atoms. The molecule has 1 saturated heterocycles. The zero-order valence-electron chi connectivity index (χ0n) is 11.6. The fourth-order valence-electron chi connectivity index (χ4n) is 3.08. The standard InChI is InChI=1S/C15H21NO3S/c17-20(18,16-11-4-12-19-16)15-9-7-14(8-10-15)13-5-2-1-3-6-13/h7-10,13H,1-6,11-12H2. The quantitative estimate of drug-likeness (QED) is 0.861. The fraction of sp³-hybridized carbons (Fsp3) is 0.600. The molecular weight excluding hydrogens is 274 g/mol. The van der Waals surface area contributed by atoms with Gasteiger partial charge in [-0.1, -0.05) is 35.9 Å². The molecule has 0 spiro atoms. The van der Waals surface area contributed by atoms with Crippen LogP contribution in [0.15, 0.2) is 29.2 Å². The minimum absolute atomic E-state index is 0.332. The van der Waals surface area contributed by atoms with Crippen molar-refractivity contribution < 1.29 is 13.3 Å². The predicted molar refractivity (Wildman–Crippen MR) is 76.7 cm³/mol. The van der Waals surface area contributed by atoms with E-state index in [0.717, 1.165) is 10.9 Å². The molecule has 4 nitrogen and oxygen atoms in total. The third-order valence-corrected chi connectivity index (χ3v) is 5.93. The zero-order chi connectivity index (χ0) is 14.0. The highest BCUT2D eigenvalue weighted by molar-refractivity contribution is 7.89. The normalized spacial score (nSPS) is 22.2. The van der Waals surface area contributed by atoms with Gasteiger partial charge in [-0.3, -0.25) is 4.84 Å². The van der Waals surface area contributed by atoms with Crippen LogP contribution in [0.25, 0.3) is 0 Å². The van der Waals surface area contributed by atoms with Crippen LogP contribution in [0.5, 0.6) is 0 Å². The first-order valence-corrected chi connectivity index (χ1v) is 8.87. The van der Waals surface area contributed by atoms with Crippen molar-refractivity contribution in [2.45, 2.75) is 49.3 Å². The minimum atomic E-state index is -3.48. The Hall–Kier alpha value is -0.910. The summed E-state index contributed by atoms with van der Waals surface area (Å²) in [6, 6.07) is 7.39. The van der Waals surface area contributed by atoms with Gasteiger partial charge in [0.15, 0.2) is 0 Å². The molecule has 5 heteroatoms. The summed E-state index contributed by atoms with van der Waals surface area (Å²) >= 11 is 0. The van der Waals surface area contributed by atoms with Gasteiger partial charge in [-0.15, -0.1) is 0 Å². The molecule has 1 aromatic carbocycles. The Bertz CT molecular complexity index is 541. The van der Waals surface area contributed by atoms with Crippen LogP contribution in [0, 0.1) is 0 Å². The van der Waals surface area contributed by atoms with Gasteiger partial charge < -0.3 is 0 Å². The maximum absolute atomic E-state index is 12.3. The molecule has 0 atom stereocenters. The summed E-state index contributed by atoms with van der Waals surface area (Å²) in [5.41, 5.74) is 1.27. The number of hydrogen-bond acceptors (Lipinski definition) is 3. The predicted octanol–water partition coefficient (Wildman–Crippen LogP) is 3.06. The Kier molecular flexibility index (Phi) is 4.10. The topological polar surface area (TPSA) is 46.6 Å². The van der Waals surface area contributed by atoms with Crippen molar-refractivity contribution in [2.75, 3.05) is 13.2 Å². The van der Waals surface area contributed by atoms with Crippen molar-refractivity contribution in [1.82, 2.24) is 4.47 Å². The smallest absolute Gasteiger partial charge is 0.265 e. The molecule has 0 bridgehead atoms. The summed E-state index contributed by atoms with van der Waals surface area (Å²) in [5.74, 6) is 0.601. The summed E-state index contributed by atoms with van der Waals surface area (Å²) in [6.07, 6.45) is 7.11. The van der Waals surface area contributed by atoms with Crippen molar-refractivity contribution in [3.63, 3.8) is 0 Å². The van der Waals surface area contributed by atoms with Gasteiger partial charge in [0.25, 0.3) is 10.0 Å². The molecule has 110 valence electrons. The van der Waals surface area contributed by atoms with E-state index in [9.17, 15) is 8.42 Å². The second-order valence-electron chi connectivity index (χ2n) is 5.62. The van der Waals surface area contributed by atoms with Crippen LogP contribution < -0.4 is 0 Å². The number of rotatable bonds is 3. The lowest BCUT2D eigenvalue weighted by Crippen LogP contribution is -2.26. The Balaban J connectivity index is 1.78. The van der Waals surface area contributed by atoms with Crippen LogP contribution in [0.2, 0.25) is 0 Å². The van der Waals surface area contributed by atoms with Crippen LogP contribution in [-0.4, -0.2) is 26.0 Å². The highest BCUT2D eigenvalue weighted by Gasteiger charge is 2.28. The second kappa shape index (κ2) is 5.84. The first kappa shape index (κ1) is 14.0. The van der Waals surface area contributed by atoms with E-state index in [-0.39, 0.29) is 0 Å². The van der Waals surface area contributed by atoms with E-state index in [4.69, 9.17) is 4.84 Å². The van der Waals surface area contributed by atoms with Crippen LogP contribution in [0.1, 0.15) is 50.0 Å². The molecule has 0 amide bonds. The van der Waals surface area contributed by atoms with Crippen LogP contribution in [-0.2, 0) is 14.9 Å². The van der Waals surface area contributed by atoms with Crippen molar-refractivity contribution >= 4 is 10.0 Å². The van der Waals surface area contributed by atoms with Gasteiger partial charge >= 0.3 is 0 Å². The average molecular weight is 295 g/mol. The second-order valence-corrected chi connectivity index (χ2v) is 7.45. The van der Waals surface area contributed by atoms with Gasteiger partial charge in [0, 0.05) is 6.54 Å². The van der Waals surface area contributed by atoms with E-state index in [1.54, 1.807) is 12.1 Å². The van der Waals surface area contributed by atoms with Gasteiger partial charge in [0.05, 0.1) is 11.5 Å². The maximum atomic E-state index is 12.3. The Morgan fingerprint density at radius 2 is 1.70 bits per heavy atom. The van der Waals surface area contributed by atoms with Crippen LogP contribution >= 0.6 is 0 Å². The number of hydrogen-bond donors (Lipinski definition) is 0. The summed E-state index contributed by atoms with van der Waals surface area (Å²) in [4.78, 5) is 5.50. The molecule has 2 fully saturated rings. The maximum Gasteiger partial charge on any atom is 0.265 e. The Morgan fingerprint density at radius 3 is 2.30 bits per heavy atom. The lowest BCUT2D eigenvalue weighted by atomic mass is 9.84. The molecule has 0 aromatic heterocycles. The van der Waals surface area contributed by atoms with Crippen LogP contribution in [0.4, 0.5) is 0 Å². The van der Waals surface area contributed by atoms with Gasteiger partial charge in [0.2, 0.25) is 0 Å². The van der Waals surface area contributed by atoms with Crippen molar-refractivity contribution in [2.24, 2.45) is 0 Å². The molecule has 1 aliphatic carbocycles. The minimum Gasteiger partial charge on any atom is -0.284 e. The summed E-state index contributed by atoms with van der Waals surface area (Å²) in [6.45, 7) is 0.937.